The van der Waals surface area contributed by atoms with Crippen molar-refractivity contribution in [3.8, 4) is 0 Å². The van der Waals surface area contributed by atoms with Crippen LogP contribution in [-0.4, -0.2) is 58.3 Å². The Balaban J connectivity index is 1.55. The Morgan fingerprint density at radius 2 is 2.07 bits per heavy atom. The zero-order valence-corrected chi connectivity index (χ0v) is 16.0. The van der Waals surface area contributed by atoms with Gasteiger partial charge in [-0.05, 0) is 44.0 Å². The number of piperidine rings is 1. The monoisotopic (exact) mass is 386 g/mol. The zero-order valence-electron chi connectivity index (χ0n) is 16.0. The number of hydrogen-bond donors (Lipinski definition) is 0. The molecule has 0 radical (unpaired) electrons. The molecule has 7 nitrogen and oxygen atoms in total. The van der Waals surface area contributed by atoms with Gasteiger partial charge in [0.25, 0.3) is 11.8 Å². The average Bonchev–Trinajstić information content (AvgIpc) is 3.17. The fourth-order valence-corrected chi connectivity index (χ4v) is 4.45. The summed E-state index contributed by atoms with van der Waals surface area (Å²) in [6.07, 6.45) is 2.19. The van der Waals surface area contributed by atoms with Crippen molar-refractivity contribution in [3.63, 3.8) is 0 Å². The van der Waals surface area contributed by atoms with Crippen molar-refractivity contribution in [2.75, 3.05) is 25.1 Å². The summed E-state index contributed by atoms with van der Waals surface area (Å²) in [5.41, 5.74) is 0.539. The molecule has 148 valence electrons. The maximum absolute atomic E-state index is 13.7. The Morgan fingerprint density at radius 1 is 1.32 bits per heavy atom. The van der Waals surface area contributed by atoms with Crippen LogP contribution in [0.2, 0.25) is 0 Å². The summed E-state index contributed by atoms with van der Waals surface area (Å²) in [6, 6.07) is 7.76. The highest BCUT2D eigenvalue weighted by Crippen LogP contribution is 2.45. The molecule has 2 aliphatic rings. The van der Waals surface area contributed by atoms with Crippen molar-refractivity contribution < 1.29 is 18.7 Å². The van der Waals surface area contributed by atoms with Crippen LogP contribution in [0.4, 0.5) is 10.1 Å². The van der Waals surface area contributed by atoms with Gasteiger partial charge in [-0.15, -0.1) is 0 Å². The molecule has 2 saturated heterocycles. The molecular weight excluding hydrogens is 363 g/mol. The van der Waals surface area contributed by atoms with Gasteiger partial charge in [-0.3, -0.25) is 14.3 Å². The normalized spacial score (nSPS) is 21.1. The first-order valence-electron chi connectivity index (χ1n) is 9.45. The predicted molar refractivity (Wildman–Crippen MR) is 100 cm³/mol. The highest BCUT2D eigenvalue weighted by atomic mass is 19.1. The van der Waals surface area contributed by atoms with Crippen molar-refractivity contribution in [2.45, 2.75) is 38.0 Å². The molecule has 1 spiro atoms. The maximum atomic E-state index is 13.7. The standard InChI is InChI=1S/C20H23FN4O3/c1-3-24-16(7-10-22-24)18(26)23-11-8-20(9-12-23)17(28-2)19(27)25(20)15-6-4-5-14(21)13-15/h4-7,10,13,17H,3,8-9,11-12H2,1-2H3. The summed E-state index contributed by atoms with van der Waals surface area (Å²) in [6.45, 7) is 3.55. The average molecular weight is 386 g/mol. The van der Waals surface area contributed by atoms with Crippen molar-refractivity contribution >= 4 is 17.5 Å². The lowest BCUT2D eigenvalue weighted by atomic mass is 9.72. The summed E-state index contributed by atoms with van der Waals surface area (Å²) in [4.78, 5) is 28.9. The number of benzene rings is 1. The molecule has 0 aliphatic carbocycles. The first-order chi connectivity index (χ1) is 13.5. The van der Waals surface area contributed by atoms with Gasteiger partial charge >= 0.3 is 0 Å². The number of methoxy groups -OCH3 is 1. The Labute approximate surface area is 162 Å². The maximum Gasteiger partial charge on any atom is 0.272 e. The van der Waals surface area contributed by atoms with E-state index < -0.39 is 11.6 Å². The Bertz CT molecular complexity index is 904. The molecule has 1 aromatic heterocycles. The van der Waals surface area contributed by atoms with Crippen LogP contribution in [0, 0.1) is 5.82 Å². The molecule has 2 aromatic rings. The Morgan fingerprint density at radius 3 is 2.71 bits per heavy atom. The second-order valence-electron chi connectivity index (χ2n) is 7.20. The second-order valence-corrected chi connectivity index (χ2v) is 7.20. The number of amides is 2. The third-order valence-corrected chi connectivity index (χ3v) is 5.83. The SMILES string of the molecule is CCn1nccc1C(=O)N1CCC2(CC1)C(OC)C(=O)N2c1cccc(F)c1. The van der Waals surface area contributed by atoms with E-state index in [4.69, 9.17) is 4.74 Å². The molecule has 1 aromatic carbocycles. The number of aromatic nitrogens is 2. The zero-order chi connectivity index (χ0) is 19.9. The molecule has 1 atom stereocenters. The van der Waals surface area contributed by atoms with E-state index in [0.717, 1.165) is 0 Å². The first-order valence-corrected chi connectivity index (χ1v) is 9.45. The minimum atomic E-state index is -0.575. The third kappa shape index (κ3) is 2.71. The molecule has 3 heterocycles. The number of carbonyl (C=O) groups excluding carboxylic acids is 2. The predicted octanol–water partition coefficient (Wildman–Crippen LogP) is 2.08. The van der Waals surface area contributed by atoms with Crippen LogP contribution in [0.15, 0.2) is 36.5 Å². The molecule has 0 saturated carbocycles. The molecule has 0 N–H and O–H groups in total. The first kappa shape index (κ1) is 18.6. The number of rotatable bonds is 4. The van der Waals surface area contributed by atoms with Gasteiger partial charge in [-0.1, -0.05) is 6.07 Å². The van der Waals surface area contributed by atoms with Gasteiger partial charge < -0.3 is 14.5 Å². The number of aryl methyl sites for hydroxylation is 1. The van der Waals surface area contributed by atoms with E-state index in [0.29, 0.717) is 43.9 Å². The molecule has 1 unspecified atom stereocenters. The van der Waals surface area contributed by atoms with E-state index in [1.165, 1.54) is 19.2 Å². The highest BCUT2D eigenvalue weighted by molar-refractivity contribution is 6.07. The molecule has 0 bridgehead atoms. The van der Waals surface area contributed by atoms with Crippen LogP contribution >= 0.6 is 0 Å². The number of likely N-dealkylation sites (tertiary alicyclic amines) is 1. The van der Waals surface area contributed by atoms with E-state index in [9.17, 15) is 14.0 Å². The van der Waals surface area contributed by atoms with E-state index in [2.05, 4.69) is 5.10 Å². The number of carbonyl (C=O) groups is 2. The second kappa shape index (κ2) is 7.01. The van der Waals surface area contributed by atoms with Crippen LogP contribution in [0.5, 0.6) is 0 Å². The van der Waals surface area contributed by atoms with Crippen LogP contribution in [-0.2, 0) is 16.1 Å². The van der Waals surface area contributed by atoms with Crippen molar-refractivity contribution in [3.05, 3.63) is 48.0 Å². The van der Waals surface area contributed by atoms with Gasteiger partial charge in [0.1, 0.15) is 11.5 Å². The van der Waals surface area contributed by atoms with Gasteiger partial charge in [0.05, 0.1) is 5.54 Å². The van der Waals surface area contributed by atoms with Gasteiger partial charge in [-0.25, -0.2) is 4.39 Å². The summed E-state index contributed by atoms with van der Waals surface area (Å²) < 4.78 is 20.9. The molecule has 2 fully saturated rings. The van der Waals surface area contributed by atoms with Gasteiger partial charge in [0.2, 0.25) is 0 Å². The van der Waals surface area contributed by atoms with Gasteiger partial charge in [-0.2, -0.15) is 5.10 Å². The Hall–Kier alpha value is -2.74. The quantitative estimate of drug-likeness (QED) is 0.755. The van der Waals surface area contributed by atoms with E-state index in [-0.39, 0.29) is 17.6 Å². The molecular formula is C20H23FN4O3. The van der Waals surface area contributed by atoms with Crippen LogP contribution in [0.1, 0.15) is 30.3 Å². The minimum Gasteiger partial charge on any atom is -0.369 e. The van der Waals surface area contributed by atoms with Crippen LogP contribution in [0.3, 0.4) is 0 Å². The summed E-state index contributed by atoms with van der Waals surface area (Å²) in [5.74, 6) is -0.621. The fraction of sp³-hybridized carbons (Fsp3) is 0.450. The Kier molecular flexibility index (Phi) is 4.66. The smallest absolute Gasteiger partial charge is 0.272 e. The van der Waals surface area contributed by atoms with Crippen molar-refractivity contribution in [1.82, 2.24) is 14.7 Å². The van der Waals surface area contributed by atoms with E-state index >= 15 is 0 Å². The number of ether oxygens (including phenoxy) is 1. The number of hydrogen-bond acceptors (Lipinski definition) is 4. The summed E-state index contributed by atoms with van der Waals surface area (Å²) in [7, 11) is 1.52. The van der Waals surface area contributed by atoms with E-state index in [1.54, 1.807) is 38.9 Å². The largest absolute Gasteiger partial charge is 0.369 e. The molecule has 2 amide bonds. The number of nitrogens with zero attached hydrogens (tertiary/aromatic N) is 4. The van der Waals surface area contributed by atoms with Crippen LogP contribution in [0.25, 0.3) is 0 Å². The lowest BCUT2D eigenvalue weighted by Crippen LogP contribution is -2.78. The molecule has 2 aliphatic heterocycles. The summed E-state index contributed by atoms with van der Waals surface area (Å²) >= 11 is 0. The topological polar surface area (TPSA) is 67.7 Å². The number of anilines is 1. The third-order valence-electron chi connectivity index (χ3n) is 5.83. The molecule has 4 rings (SSSR count). The summed E-state index contributed by atoms with van der Waals surface area (Å²) in [5, 5.41) is 4.16. The molecule has 28 heavy (non-hydrogen) atoms. The van der Waals surface area contributed by atoms with Gasteiger partial charge in [0.15, 0.2) is 6.10 Å². The van der Waals surface area contributed by atoms with Crippen molar-refractivity contribution in [1.29, 1.82) is 0 Å². The van der Waals surface area contributed by atoms with Crippen molar-refractivity contribution in [2.24, 2.45) is 0 Å². The van der Waals surface area contributed by atoms with E-state index in [1.807, 2.05) is 6.92 Å². The lowest BCUT2D eigenvalue weighted by molar-refractivity contribution is -0.150. The van der Waals surface area contributed by atoms with Crippen LogP contribution < -0.4 is 4.90 Å². The fourth-order valence-electron chi connectivity index (χ4n) is 4.45. The minimum absolute atomic E-state index is 0.0638. The lowest BCUT2D eigenvalue weighted by Gasteiger charge is -2.59. The van der Waals surface area contributed by atoms with Gasteiger partial charge in [0, 0.05) is 38.6 Å². The molecule has 8 heteroatoms. The number of β-lactam (4-membered cyclic amide) rings is 1. The number of halogens is 1. The highest BCUT2D eigenvalue weighted by Gasteiger charge is 2.62.